The summed E-state index contributed by atoms with van der Waals surface area (Å²) in [6.07, 6.45) is 1.38. The zero-order valence-corrected chi connectivity index (χ0v) is 24.4. The van der Waals surface area contributed by atoms with E-state index >= 15 is 0 Å². The molecule has 0 aromatic heterocycles. The predicted molar refractivity (Wildman–Crippen MR) is 144 cm³/mol. The van der Waals surface area contributed by atoms with Gasteiger partial charge in [-0.2, -0.15) is 5.10 Å². The number of hydrazone groups is 1. The maximum Gasteiger partial charge on any atom is 0.343 e. The van der Waals surface area contributed by atoms with Crippen LogP contribution in [0, 0.1) is 0 Å². The highest BCUT2D eigenvalue weighted by molar-refractivity contribution is 9.12. The molecule has 3 rings (SSSR count). The first-order valence-electron chi connectivity index (χ1n) is 9.10. The van der Waals surface area contributed by atoms with Crippen molar-refractivity contribution in [1.82, 2.24) is 5.43 Å². The quantitative estimate of drug-likeness (QED) is 0.119. The molecule has 170 valence electrons. The van der Waals surface area contributed by atoms with Gasteiger partial charge in [0, 0.05) is 14.5 Å². The SMILES string of the molecule is O=C(COc1c(Br)cc(Br)cc1Br)NN=Cc1cc(Br)cc(Br)c1OC(=O)c1ccccc1. The van der Waals surface area contributed by atoms with Crippen LogP contribution in [0.3, 0.4) is 0 Å². The van der Waals surface area contributed by atoms with Gasteiger partial charge in [0.15, 0.2) is 12.4 Å². The summed E-state index contributed by atoms with van der Waals surface area (Å²) in [5, 5.41) is 3.97. The number of benzene rings is 3. The van der Waals surface area contributed by atoms with E-state index in [9.17, 15) is 9.59 Å². The number of hydrogen-bond donors (Lipinski definition) is 1. The standard InChI is InChI=1S/C22H13Br5N2O4/c23-14-6-13(20(16(25)7-14)33-22(31)12-4-2-1-3-5-12)10-28-29-19(30)11-32-21-17(26)8-15(24)9-18(21)27/h1-10H,11H2,(H,29,30). The Balaban J connectivity index is 1.68. The number of nitrogens with one attached hydrogen (secondary N) is 1. The number of carbonyl (C=O) groups is 2. The molecule has 11 heteroatoms. The summed E-state index contributed by atoms with van der Waals surface area (Å²) < 4.78 is 14.6. The molecule has 33 heavy (non-hydrogen) atoms. The fourth-order valence-electron chi connectivity index (χ4n) is 2.52. The molecule has 0 aliphatic rings. The van der Waals surface area contributed by atoms with Crippen LogP contribution in [0.15, 0.2) is 82.1 Å². The second-order valence-corrected chi connectivity index (χ2v) is 10.7. The minimum Gasteiger partial charge on any atom is -0.481 e. The molecule has 0 aliphatic carbocycles. The topological polar surface area (TPSA) is 77.0 Å². The molecule has 0 heterocycles. The Morgan fingerprint density at radius 3 is 2.06 bits per heavy atom. The van der Waals surface area contributed by atoms with Crippen LogP contribution in [0.1, 0.15) is 15.9 Å². The average molecular weight is 769 g/mol. The van der Waals surface area contributed by atoms with Gasteiger partial charge in [-0.1, -0.05) is 50.1 Å². The first-order chi connectivity index (χ1) is 15.7. The summed E-state index contributed by atoms with van der Waals surface area (Å²) in [5.41, 5.74) is 3.28. The largest absolute Gasteiger partial charge is 0.481 e. The van der Waals surface area contributed by atoms with Crippen molar-refractivity contribution in [2.24, 2.45) is 5.10 Å². The van der Waals surface area contributed by atoms with E-state index in [1.807, 2.05) is 6.07 Å². The predicted octanol–water partition coefficient (Wildman–Crippen LogP) is 7.25. The lowest BCUT2D eigenvalue weighted by Crippen LogP contribution is -2.24. The molecule has 6 nitrogen and oxygen atoms in total. The van der Waals surface area contributed by atoms with Crippen LogP contribution in [-0.4, -0.2) is 24.7 Å². The van der Waals surface area contributed by atoms with E-state index in [2.05, 4.69) is 90.2 Å². The number of ether oxygens (including phenoxy) is 2. The number of amides is 1. The summed E-state index contributed by atoms with van der Waals surface area (Å²) in [6, 6.07) is 15.7. The molecule has 0 saturated heterocycles. The highest BCUT2D eigenvalue weighted by atomic mass is 79.9. The Kier molecular flexibility index (Phi) is 9.69. The van der Waals surface area contributed by atoms with Gasteiger partial charge in [-0.05, 0) is 84.2 Å². The summed E-state index contributed by atoms with van der Waals surface area (Å²) in [6.45, 7) is -0.256. The van der Waals surface area contributed by atoms with E-state index in [1.165, 1.54) is 6.21 Å². The number of nitrogens with zero attached hydrogens (tertiary/aromatic N) is 1. The molecule has 0 saturated carbocycles. The van der Waals surface area contributed by atoms with Gasteiger partial charge in [-0.3, -0.25) is 4.79 Å². The lowest BCUT2D eigenvalue weighted by molar-refractivity contribution is -0.123. The molecule has 0 bridgehead atoms. The lowest BCUT2D eigenvalue weighted by Gasteiger charge is -2.11. The van der Waals surface area contributed by atoms with Crippen LogP contribution in [0.5, 0.6) is 11.5 Å². The molecular formula is C22H13Br5N2O4. The molecule has 0 unspecified atom stereocenters. The first kappa shape index (κ1) is 26.1. The van der Waals surface area contributed by atoms with Crippen LogP contribution in [0.4, 0.5) is 0 Å². The van der Waals surface area contributed by atoms with Crippen molar-refractivity contribution < 1.29 is 19.1 Å². The Labute approximate surface area is 231 Å². The van der Waals surface area contributed by atoms with Gasteiger partial charge in [-0.15, -0.1) is 0 Å². The van der Waals surface area contributed by atoms with E-state index in [-0.39, 0.29) is 12.4 Å². The van der Waals surface area contributed by atoms with Crippen molar-refractivity contribution in [2.75, 3.05) is 6.61 Å². The third kappa shape index (κ3) is 7.48. The maximum absolute atomic E-state index is 12.5. The molecule has 0 atom stereocenters. The van der Waals surface area contributed by atoms with Gasteiger partial charge in [0.2, 0.25) is 0 Å². The van der Waals surface area contributed by atoms with E-state index < -0.39 is 11.9 Å². The van der Waals surface area contributed by atoms with Crippen LogP contribution < -0.4 is 14.9 Å². The number of halogens is 5. The molecule has 0 aliphatic heterocycles. The van der Waals surface area contributed by atoms with E-state index in [0.29, 0.717) is 30.3 Å². The fourth-order valence-corrected chi connectivity index (χ4v) is 6.35. The fraction of sp³-hybridized carbons (Fsp3) is 0.0455. The molecule has 0 radical (unpaired) electrons. The van der Waals surface area contributed by atoms with Crippen LogP contribution in [-0.2, 0) is 4.79 Å². The van der Waals surface area contributed by atoms with Crippen molar-refractivity contribution in [2.45, 2.75) is 0 Å². The molecule has 3 aromatic rings. The summed E-state index contributed by atoms with van der Waals surface area (Å²) in [7, 11) is 0. The Morgan fingerprint density at radius 2 is 1.42 bits per heavy atom. The first-order valence-corrected chi connectivity index (χ1v) is 13.1. The molecule has 1 N–H and O–H groups in total. The van der Waals surface area contributed by atoms with Crippen molar-refractivity contribution >= 4 is 97.7 Å². The minimum atomic E-state index is -0.517. The van der Waals surface area contributed by atoms with Gasteiger partial charge in [-0.25, -0.2) is 10.2 Å². The number of carbonyl (C=O) groups excluding carboxylic acids is 2. The molecule has 0 fully saturated rings. The van der Waals surface area contributed by atoms with E-state index in [4.69, 9.17) is 9.47 Å². The average Bonchev–Trinajstić information content (AvgIpc) is 2.75. The maximum atomic E-state index is 12.5. The Bertz CT molecular complexity index is 1200. The normalized spacial score (nSPS) is 10.8. The van der Waals surface area contributed by atoms with Gasteiger partial charge in [0.25, 0.3) is 5.91 Å². The molecular weight excluding hydrogens is 756 g/mol. The van der Waals surface area contributed by atoms with Crippen LogP contribution in [0.2, 0.25) is 0 Å². The van der Waals surface area contributed by atoms with Gasteiger partial charge >= 0.3 is 5.97 Å². The molecule has 0 spiro atoms. The van der Waals surface area contributed by atoms with Gasteiger partial charge in [0.05, 0.1) is 25.2 Å². The van der Waals surface area contributed by atoms with Crippen molar-refractivity contribution in [3.05, 3.63) is 88.1 Å². The smallest absolute Gasteiger partial charge is 0.343 e. The van der Waals surface area contributed by atoms with E-state index in [1.54, 1.807) is 48.5 Å². The van der Waals surface area contributed by atoms with Gasteiger partial charge < -0.3 is 9.47 Å². The summed E-state index contributed by atoms with van der Waals surface area (Å²) in [4.78, 5) is 24.7. The number of hydrogen-bond acceptors (Lipinski definition) is 5. The third-order valence-electron chi connectivity index (χ3n) is 3.94. The van der Waals surface area contributed by atoms with Crippen molar-refractivity contribution in [3.8, 4) is 11.5 Å². The number of esters is 1. The highest BCUT2D eigenvalue weighted by Crippen LogP contribution is 2.36. The zero-order chi connectivity index (χ0) is 24.0. The van der Waals surface area contributed by atoms with Crippen LogP contribution in [0.25, 0.3) is 0 Å². The Morgan fingerprint density at radius 1 is 0.848 bits per heavy atom. The Hall–Kier alpha value is -1.53. The van der Waals surface area contributed by atoms with Crippen molar-refractivity contribution in [3.63, 3.8) is 0 Å². The third-order valence-corrected chi connectivity index (χ3v) is 6.63. The van der Waals surface area contributed by atoms with Gasteiger partial charge in [0.1, 0.15) is 5.75 Å². The van der Waals surface area contributed by atoms with E-state index in [0.717, 1.165) is 8.95 Å². The minimum absolute atomic E-state index is 0.256. The molecule has 1 amide bonds. The van der Waals surface area contributed by atoms with Crippen molar-refractivity contribution in [1.29, 1.82) is 0 Å². The highest BCUT2D eigenvalue weighted by Gasteiger charge is 2.15. The lowest BCUT2D eigenvalue weighted by atomic mass is 10.2. The zero-order valence-electron chi connectivity index (χ0n) is 16.5. The summed E-state index contributed by atoms with van der Waals surface area (Å²) >= 11 is 17.0. The summed E-state index contributed by atoms with van der Waals surface area (Å²) in [5.74, 6) is -0.228. The van der Waals surface area contributed by atoms with Crippen LogP contribution >= 0.6 is 79.6 Å². The second kappa shape index (κ2) is 12.3. The number of rotatable bonds is 7. The monoisotopic (exact) mass is 764 g/mol. The second-order valence-electron chi connectivity index (χ2n) is 6.34. The molecule has 3 aromatic carbocycles.